The lowest BCUT2D eigenvalue weighted by molar-refractivity contribution is 0.252. The predicted molar refractivity (Wildman–Crippen MR) is 60.9 cm³/mol. The standard InChI is InChI=1S/C11H25N3/c1-14(2)9-11(13-12)10-7-5-3-4-6-8-10/h10-11,13H,3-9,12H2,1-2H3. The zero-order chi connectivity index (χ0) is 10.4. The van der Waals surface area contributed by atoms with Crippen molar-refractivity contribution in [2.45, 2.75) is 44.6 Å². The number of hydrogen-bond acceptors (Lipinski definition) is 3. The average Bonchev–Trinajstić information content (AvgIpc) is 2.41. The van der Waals surface area contributed by atoms with Gasteiger partial charge in [-0.05, 0) is 32.9 Å². The zero-order valence-corrected chi connectivity index (χ0v) is 9.63. The van der Waals surface area contributed by atoms with Crippen LogP contribution in [0.5, 0.6) is 0 Å². The Morgan fingerprint density at radius 3 is 2.21 bits per heavy atom. The van der Waals surface area contributed by atoms with E-state index in [9.17, 15) is 0 Å². The van der Waals surface area contributed by atoms with Crippen LogP contribution in [0.15, 0.2) is 0 Å². The minimum Gasteiger partial charge on any atom is -0.308 e. The fourth-order valence-electron chi connectivity index (χ4n) is 2.44. The highest BCUT2D eigenvalue weighted by molar-refractivity contribution is 4.78. The van der Waals surface area contributed by atoms with Crippen molar-refractivity contribution in [2.24, 2.45) is 11.8 Å². The Bertz CT molecular complexity index is 139. The summed E-state index contributed by atoms with van der Waals surface area (Å²) < 4.78 is 0. The first-order valence-corrected chi connectivity index (χ1v) is 5.85. The van der Waals surface area contributed by atoms with E-state index in [0.29, 0.717) is 6.04 Å². The van der Waals surface area contributed by atoms with Crippen molar-refractivity contribution in [3.05, 3.63) is 0 Å². The van der Waals surface area contributed by atoms with Gasteiger partial charge >= 0.3 is 0 Å². The first-order valence-electron chi connectivity index (χ1n) is 5.85. The van der Waals surface area contributed by atoms with Gasteiger partial charge in [0.25, 0.3) is 0 Å². The number of nitrogens with zero attached hydrogens (tertiary/aromatic N) is 1. The highest BCUT2D eigenvalue weighted by atomic mass is 15.3. The second-order valence-corrected chi connectivity index (χ2v) is 4.79. The summed E-state index contributed by atoms with van der Waals surface area (Å²) in [5.41, 5.74) is 2.99. The summed E-state index contributed by atoms with van der Waals surface area (Å²) >= 11 is 0. The van der Waals surface area contributed by atoms with Crippen molar-refractivity contribution < 1.29 is 0 Å². The molecule has 0 bridgehead atoms. The van der Waals surface area contributed by atoms with Crippen molar-refractivity contribution in [2.75, 3.05) is 20.6 Å². The molecule has 0 amide bonds. The summed E-state index contributed by atoms with van der Waals surface area (Å²) in [5, 5.41) is 0. The number of nitrogens with one attached hydrogen (secondary N) is 1. The van der Waals surface area contributed by atoms with Gasteiger partial charge in [0.05, 0.1) is 0 Å². The van der Waals surface area contributed by atoms with Gasteiger partial charge in [-0.2, -0.15) is 0 Å². The fourth-order valence-corrected chi connectivity index (χ4v) is 2.44. The second-order valence-electron chi connectivity index (χ2n) is 4.79. The second kappa shape index (κ2) is 6.38. The largest absolute Gasteiger partial charge is 0.308 e. The third-order valence-corrected chi connectivity index (χ3v) is 3.24. The fraction of sp³-hybridized carbons (Fsp3) is 1.00. The summed E-state index contributed by atoms with van der Waals surface area (Å²) in [6.07, 6.45) is 8.30. The lowest BCUT2D eigenvalue weighted by Gasteiger charge is -2.28. The van der Waals surface area contributed by atoms with E-state index in [1.165, 1.54) is 38.5 Å². The molecule has 0 aliphatic heterocycles. The van der Waals surface area contributed by atoms with Gasteiger partial charge in [-0.3, -0.25) is 11.3 Å². The number of rotatable bonds is 4. The summed E-state index contributed by atoms with van der Waals surface area (Å²) in [7, 11) is 4.22. The maximum atomic E-state index is 5.63. The molecule has 0 aromatic rings. The predicted octanol–water partition coefficient (Wildman–Crippen LogP) is 1.35. The van der Waals surface area contributed by atoms with E-state index in [0.717, 1.165) is 12.5 Å². The van der Waals surface area contributed by atoms with Crippen LogP contribution >= 0.6 is 0 Å². The van der Waals surface area contributed by atoms with Crippen LogP contribution in [-0.4, -0.2) is 31.6 Å². The molecule has 3 N–H and O–H groups in total. The Labute approximate surface area is 88.0 Å². The summed E-state index contributed by atoms with van der Waals surface area (Å²) in [6, 6.07) is 0.475. The molecule has 0 heterocycles. The normalized spacial score (nSPS) is 22.3. The molecule has 14 heavy (non-hydrogen) atoms. The van der Waals surface area contributed by atoms with Crippen LogP contribution in [0.1, 0.15) is 38.5 Å². The summed E-state index contributed by atoms with van der Waals surface area (Å²) in [5.74, 6) is 6.41. The Balaban J connectivity index is 2.40. The molecule has 3 nitrogen and oxygen atoms in total. The van der Waals surface area contributed by atoms with Crippen LogP contribution in [-0.2, 0) is 0 Å². The van der Waals surface area contributed by atoms with Gasteiger partial charge in [-0.15, -0.1) is 0 Å². The molecule has 0 radical (unpaired) electrons. The Morgan fingerprint density at radius 1 is 1.21 bits per heavy atom. The number of likely N-dealkylation sites (N-methyl/N-ethyl adjacent to an activating group) is 1. The van der Waals surface area contributed by atoms with E-state index in [-0.39, 0.29) is 0 Å². The maximum Gasteiger partial charge on any atom is 0.0365 e. The molecular weight excluding hydrogens is 174 g/mol. The van der Waals surface area contributed by atoms with E-state index >= 15 is 0 Å². The molecular formula is C11H25N3. The number of hydrogen-bond donors (Lipinski definition) is 2. The van der Waals surface area contributed by atoms with Crippen LogP contribution in [0.4, 0.5) is 0 Å². The van der Waals surface area contributed by atoms with E-state index in [4.69, 9.17) is 5.84 Å². The molecule has 0 aromatic carbocycles. The van der Waals surface area contributed by atoms with Gasteiger partial charge < -0.3 is 4.90 Å². The highest BCUT2D eigenvalue weighted by Crippen LogP contribution is 2.25. The molecule has 3 heteroatoms. The summed E-state index contributed by atoms with van der Waals surface area (Å²) in [4.78, 5) is 2.22. The van der Waals surface area contributed by atoms with Crippen molar-refractivity contribution in [3.63, 3.8) is 0 Å². The van der Waals surface area contributed by atoms with Gasteiger partial charge in [0.2, 0.25) is 0 Å². The van der Waals surface area contributed by atoms with E-state index < -0.39 is 0 Å². The van der Waals surface area contributed by atoms with Crippen LogP contribution < -0.4 is 11.3 Å². The van der Waals surface area contributed by atoms with Crippen molar-refractivity contribution >= 4 is 0 Å². The molecule has 1 unspecified atom stereocenters. The van der Waals surface area contributed by atoms with E-state index in [1.807, 2.05) is 0 Å². The molecule has 84 valence electrons. The Morgan fingerprint density at radius 2 is 1.79 bits per heavy atom. The maximum absolute atomic E-state index is 5.63. The Hall–Kier alpha value is -0.120. The molecule has 0 saturated heterocycles. The van der Waals surface area contributed by atoms with Crippen molar-refractivity contribution in [1.82, 2.24) is 10.3 Å². The number of nitrogens with two attached hydrogens (primary N) is 1. The summed E-state index contributed by atoms with van der Waals surface area (Å²) in [6.45, 7) is 1.06. The third-order valence-electron chi connectivity index (χ3n) is 3.24. The highest BCUT2D eigenvalue weighted by Gasteiger charge is 2.21. The van der Waals surface area contributed by atoms with Gasteiger partial charge in [-0.25, -0.2) is 0 Å². The molecule has 0 aromatic heterocycles. The molecule has 1 aliphatic carbocycles. The van der Waals surface area contributed by atoms with Crippen molar-refractivity contribution in [3.8, 4) is 0 Å². The van der Waals surface area contributed by atoms with Gasteiger partial charge in [0.1, 0.15) is 0 Å². The molecule has 1 atom stereocenters. The molecule has 1 fully saturated rings. The van der Waals surface area contributed by atoms with Crippen LogP contribution in [0.2, 0.25) is 0 Å². The quantitative estimate of drug-likeness (QED) is 0.408. The van der Waals surface area contributed by atoms with E-state index in [1.54, 1.807) is 0 Å². The lowest BCUT2D eigenvalue weighted by Crippen LogP contribution is -2.47. The van der Waals surface area contributed by atoms with Crippen molar-refractivity contribution in [1.29, 1.82) is 0 Å². The SMILES string of the molecule is CN(C)CC(NN)C1CCCCCC1. The van der Waals surface area contributed by atoms with Gasteiger partial charge in [0.15, 0.2) is 0 Å². The Kier molecular flexibility index (Phi) is 5.45. The first-order chi connectivity index (χ1) is 6.74. The van der Waals surface area contributed by atoms with Crippen LogP contribution in [0.25, 0.3) is 0 Å². The minimum absolute atomic E-state index is 0.475. The van der Waals surface area contributed by atoms with Crippen LogP contribution in [0, 0.1) is 5.92 Å². The molecule has 1 saturated carbocycles. The minimum atomic E-state index is 0.475. The monoisotopic (exact) mass is 199 g/mol. The van der Waals surface area contributed by atoms with Gasteiger partial charge in [0, 0.05) is 12.6 Å². The lowest BCUT2D eigenvalue weighted by atomic mass is 9.92. The topological polar surface area (TPSA) is 41.3 Å². The first kappa shape index (κ1) is 12.0. The average molecular weight is 199 g/mol. The molecule has 1 aliphatic rings. The zero-order valence-electron chi connectivity index (χ0n) is 9.63. The smallest absolute Gasteiger partial charge is 0.0365 e. The third kappa shape index (κ3) is 3.95. The number of hydrazine groups is 1. The van der Waals surface area contributed by atoms with Crippen LogP contribution in [0.3, 0.4) is 0 Å². The molecule has 1 rings (SSSR count). The van der Waals surface area contributed by atoms with E-state index in [2.05, 4.69) is 24.4 Å². The van der Waals surface area contributed by atoms with Gasteiger partial charge in [-0.1, -0.05) is 25.7 Å². The molecule has 0 spiro atoms.